The minimum atomic E-state index is -0.126. The summed E-state index contributed by atoms with van der Waals surface area (Å²) in [6.45, 7) is 1.76. The molecule has 138 valence electrons. The number of benzene rings is 2. The lowest BCUT2D eigenvalue weighted by molar-refractivity contribution is 0.345. The van der Waals surface area contributed by atoms with Crippen molar-refractivity contribution in [1.29, 1.82) is 0 Å². The van der Waals surface area contributed by atoms with E-state index < -0.39 is 0 Å². The van der Waals surface area contributed by atoms with Crippen molar-refractivity contribution in [2.45, 2.75) is 0 Å². The van der Waals surface area contributed by atoms with Gasteiger partial charge in [0.1, 0.15) is 0 Å². The fraction of sp³-hybridized carbons (Fsp3) is 0.200. The summed E-state index contributed by atoms with van der Waals surface area (Å²) in [6, 6.07) is 24.7. The van der Waals surface area contributed by atoms with Crippen molar-refractivity contribution in [2.24, 2.45) is 11.5 Å². The van der Waals surface area contributed by atoms with Crippen LogP contribution < -0.4 is 31.9 Å². The van der Waals surface area contributed by atoms with Crippen LogP contribution in [0.1, 0.15) is 0 Å². The normalized spacial score (nSPS) is 10.7. The molecular weight excluding hydrogens is 354 g/mol. The molecule has 0 saturated carbocycles. The number of nitrogens with two attached hydrogens (primary N) is 2. The minimum Gasteiger partial charge on any atom is -0.425 e. The topological polar surface area (TPSA) is 70.5 Å². The molecule has 0 unspecified atom stereocenters. The second-order valence-corrected chi connectivity index (χ2v) is 7.29. The van der Waals surface area contributed by atoms with Crippen molar-refractivity contribution in [1.82, 2.24) is 0 Å². The fourth-order valence-corrected chi connectivity index (χ4v) is 4.13. The molecule has 1 heterocycles. The van der Waals surface area contributed by atoms with Gasteiger partial charge < -0.3 is 20.8 Å². The van der Waals surface area contributed by atoms with Crippen LogP contribution in [0.2, 0.25) is 0 Å². The maximum absolute atomic E-state index is 6.07. The Morgan fingerprint density at radius 3 is 1.41 bits per heavy atom. The van der Waals surface area contributed by atoms with Gasteiger partial charge in [-0.05, 0) is 10.9 Å². The Balaban J connectivity index is 1.89. The van der Waals surface area contributed by atoms with E-state index in [1.54, 1.807) is 11.3 Å². The highest BCUT2D eigenvalue weighted by Gasteiger charge is 2.28. The molecule has 2 aromatic carbocycles. The molecule has 0 bridgehead atoms. The number of hydrogen-bond acceptors (Lipinski definition) is 5. The molecule has 4 N–H and O–H groups in total. The van der Waals surface area contributed by atoms with Crippen LogP contribution in [-0.4, -0.2) is 40.1 Å². The van der Waals surface area contributed by atoms with Gasteiger partial charge in [0.05, 0.1) is 0 Å². The molecule has 4 nitrogen and oxygen atoms in total. The first kappa shape index (κ1) is 19.9. The summed E-state index contributed by atoms with van der Waals surface area (Å²) in [6.07, 6.45) is 0. The first-order valence-electron chi connectivity index (χ1n) is 9.16. The fourth-order valence-electron chi connectivity index (χ4n) is 2.96. The first-order valence-corrected chi connectivity index (χ1v) is 9.98. The predicted octanol–water partition coefficient (Wildman–Crippen LogP) is -0.0899. The van der Waals surface area contributed by atoms with Crippen molar-refractivity contribution in [2.75, 3.05) is 26.3 Å². The Morgan fingerprint density at radius 2 is 1.04 bits per heavy atom. The van der Waals surface area contributed by atoms with Crippen molar-refractivity contribution in [3.8, 4) is 0 Å². The van der Waals surface area contributed by atoms with Crippen LogP contribution in [0.3, 0.4) is 0 Å². The molecule has 3 aromatic rings. The molecular formula is C20H24B2N2O2S. The molecule has 0 fully saturated rings. The van der Waals surface area contributed by atoms with E-state index in [-0.39, 0.29) is 13.8 Å². The van der Waals surface area contributed by atoms with Gasteiger partial charge in [-0.2, -0.15) is 11.3 Å². The summed E-state index contributed by atoms with van der Waals surface area (Å²) < 4.78 is 14.4. The lowest BCUT2D eigenvalue weighted by Gasteiger charge is -2.14. The van der Waals surface area contributed by atoms with Gasteiger partial charge in [0, 0.05) is 35.9 Å². The lowest BCUT2D eigenvalue weighted by Crippen LogP contribution is -2.46. The molecule has 7 heteroatoms. The Hall–Kier alpha value is -1.89. The smallest absolute Gasteiger partial charge is 0.372 e. The molecule has 0 radical (unpaired) electrons. The Morgan fingerprint density at radius 1 is 0.630 bits per heavy atom. The van der Waals surface area contributed by atoms with Gasteiger partial charge >= 0.3 is 13.8 Å². The molecule has 1 aromatic heterocycles. The monoisotopic (exact) mass is 378 g/mol. The molecule has 0 aliphatic carbocycles. The van der Waals surface area contributed by atoms with E-state index >= 15 is 0 Å². The van der Waals surface area contributed by atoms with E-state index in [9.17, 15) is 0 Å². The maximum atomic E-state index is 6.07. The molecule has 0 amide bonds. The van der Waals surface area contributed by atoms with Gasteiger partial charge in [-0.25, -0.2) is 0 Å². The van der Waals surface area contributed by atoms with Crippen LogP contribution in [0.4, 0.5) is 0 Å². The van der Waals surface area contributed by atoms with Crippen molar-refractivity contribution in [3.05, 3.63) is 72.8 Å². The van der Waals surface area contributed by atoms with Gasteiger partial charge in [0.2, 0.25) is 0 Å². The van der Waals surface area contributed by atoms with Gasteiger partial charge in [-0.3, -0.25) is 0 Å². The van der Waals surface area contributed by atoms with E-state index in [0.29, 0.717) is 26.3 Å². The second kappa shape index (κ2) is 10.4. The standard InChI is InChI=1S/C20H24B2N2O2S/c23-13-15-25-21(17-7-3-1-4-8-17)19-11-12-20(27-19)22(26-16-14-24)18-9-5-2-6-10-18/h1-12H,13-16,23-24H2. The quantitative estimate of drug-likeness (QED) is 0.484. The third-order valence-electron chi connectivity index (χ3n) is 4.17. The maximum Gasteiger partial charge on any atom is 0.372 e. The van der Waals surface area contributed by atoms with Gasteiger partial charge in [-0.1, -0.05) is 72.8 Å². The number of thiophene rings is 1. The Kier molecular flexibility index (Phi) is 7.68. The lowest BCUT2D eigenvalue weighted by atomic mass is 9.59. The van der Waals surface area contributed by atoms with Crippen molar-refractivity contribution >= 4 is 45.6 Å². The Bertz CT molecular complexity index is 736. The summed E-state index contributed by atoms with van der Waals surface area (Å²) in [5.41, 5.74) is 13.6. The summed E-state index contributed by atoms with van der Waals surface area (Å²) in [5.74, 6) is 0. The first-order chi connectivity index (χ1) is 13.3. The average molecular weight is 378 g/mol. The zero-order chi connectivity index (χ0) is 18.9. The highest BCUT2D eigenvalue weighted by Crippen LogP contribution is 2.03. The minimum absolute atomic E-state index is 0.126. The molecule has 27 heavy (non-hydrogen) atoms. The molecule has 0 spiro atoms. The highest BCUT2D eigenvalue weighted by molar-refractivity contribution is 7.32. The van der Waals surface area contributed by atoms with Crippen LogP contribution in [0.5, 0.6) is 0 Å². The molecule has 0 aliphatic heterocycles. The van der Waals surface area contributed by atoms with E-state index in [1.165, 1.54) is 0 Å². The summed E-state index contributed by atoms with van der Waals surface area (Å²) in [7, 11) is 0. The highest BCUT2D eigenvalue weighted by atomic mass is 32.1. The number of hydrogen-bond donors (Lipinski definition) is 2. The van der Waals surface area contributed by atoms with E-state index in [4.69, 9.17) is 20.8 Å². The van der Waals surface area contributed by atoms with E-state index in [2.05, 4.69) is 36.4 Å². The van der Waals surface area contributed by atoms with Crippen LogP contribution >= 0.6 is 11.3 Å². The van der Waals surface area contributed by atoms with Crippen molar-refractivity contribution < 1.29 is 9.31 Å². The second-order valence-electron chi connectivity index (χ2n) is 6.14. The third kappa shape index (κ3) is 5.31. The molecule has 3 rings (SSSR count). The SMILES string of the molecule is NCCOB(c1ccccc1)c1ccc(B(OCCN)c2ccccc2)s1. The van der Waals surface area contributed by atoms with E-state index in [1.807, 2.05) is 36.4 Å². The zero-order valence-corrected chi connectivity index (χ0v) is 16.1. The Labute approximate surface area is 165 Å². The van der Waals surface area contributed by atoms with Crippen LogP contribution in [0.15, 0.2) is 72.8 Å². The molecule has 0 atom stereocenters. The van der Waals surface area contributed by atoms with Crippen LogP contribution in [0, 0.1) is 0 Å². The molecule has 0 saturated heterocycles. The van der Waals surface area contributed by atoms with E-state index in [0.717, 1.165) is 20.5 Å². The number of rotatable bonds is 10. The van der Waals surface area contributed by atoms with Crippen LogP contribution in [0.25, 0.3) is 0 Å². The van der Waals surface area contributed by atoms with Crippen LogP contribution in [-0.2, 0) is 9.31 Å². The zero-order valence-electron chi connectivity index (χ0n) is 15.3. The van der Waals surface area contributed by atoms with Crippen molar-refractivity contribution in [3.63, 3.8) is 0 Å². The summed E-state index contributed by atoms with van der Waals surface area (Å²) in [4.78, 5) is 0. The summed E-state index contributed by atoms with van der Waals surface area (Å²) >= 11 is 1.71. The van der Waals surface area contributed by atoms with Gasteiger partial charge in [0.25, 0.3) is 0 Å². The summed E-state index contributed by atoms with van der Waals surface area (Å²) in [5, 5.41) is 0. The molecule has 0 aliphatic rings. The third-order valence-corrected chi connectivity index (χ3v) is 5.35. The largest absolute Gasteiger partial charge is 0.425 e. The van der Waals surface area contributed by atoms with Gasteiger partial charge in [-0.15, -0.1) is 0 Å². The predicted molar refractivity (Wildman–Crippen MR) is 117 cm³/mol. The van der Waals surface area contributed by atoms with Gasteiger partial charge in [0.15, 0.2) is 0 Å². The average Bonchev–Trinajstić information content (AvgIpc) is 3.20.